The van der Waals surface area contributed by atoms with Gasteiger partial charge in [-0.2, -0.15) is 0 Å². The SMILES string of the molecule is C1=C[SiH2]C=C1.c1ccc2snnc2c1.c1ccc2snnc2c1. The molecule has 114 valence electrons. The van der Waals surface area contributed by atoms with Crippen LogP contribution in [0.1, 0.15) is 0 Å². The van der Waals surface area contributed by atoms with Gasteiger partial charge in [0.2, 0.25) is 0 Å². The summed E-state index contributed by atoms with van der Waals surface area (Å²) in [5, 5.41) is 7.77. The Bertz CT molecular complexity index is 793. The molecule has 0 aliphatic carbocycles. The number of aromatic nitrogens is 4. The van der Waals surface area contributed by atoms with Gasteiger partial charge in [0.1, 0.15) is 11.0 Å². The number of fused-ring (bicyclic) bond motifs is 2. The van der Waals surface area contributed by atoms with Gasteiger partial charge in [0.15, 0.2) is 0 Å². The molecule has 0 unspecified atom stereocenters. The molecular formula is C16H14N4S2Si. The number of hydrogen-bond acceptors (Lipinski definition) is 6. The van der Waals surface area contributed by atoms with E-state index in [9.17, 15) is 0 Å². The smallest absolute Gasteiger partial charge is 0.105 e. The Labute approximate surface area is 144 Å². The summed E-state index contributed by atoms with van der Waals surface area (Å²) in [4.78, 5) is 0. The van der Waals surface area contributed by atoms with E-state index in [1.165, 1.54) is 23.1 Å². The van der Waals surface area contributed by atoms with Crippen LogP contribution in [0, 0.1) is 0 Å². The van der Waals surface area contributed by atoms with Gasteiger partial charge in [-0.15, -0.1) is 10.2 Å². The van der Waals surface area contributed by atoms with E-state index in [-0.39, 0.29) is 9.52 Å². The summed E-state index contributed by atoms with van der Waals surface area (Å²) in [5.41, 5.74) is 6.50. The second-order valence-electron chi connectivity index (χ2n) is 4.57. The molecule has 0 N–H and O–H groups in total. The number of benzene rings is 2. The highest BCUT2D eigenvalue weighted by molar-refractivity contribution is 7.13. The minimum absolute atomic E-state index is 0.182. The van der Waals surface area contributed by atoms with Crippen molar-refractivity contribution in [2.45, 2.75) is 0 Å². The van der Waals surface area contributed by atoms with Gasteiger partial charge in [0, 0.05) is 0 Å². The van der Waals surface area contributed by atoms with E-state index in [2.05, 4.69) is 42.7 Å². The molecule has 1 aliphatic rings. The monoisotopic (exact) mass is 354 g/mol. The third kappa shape index (κ3) is 4.62. The van der Waals surface area contributed by atoms with Crippen LogP contribution in [0.25, 0.3) is 20.4 Å². The van der Waals surface area contributed by atoms with E-state index in [4.69, 9.17) is 0 Å². The van der Waals surface area contributed by atoms with E-state index in [0.29, 0.717) is 0 Å². The molecule has 0 spiro atoms. The van der Waals surface area contributed by atoms with Crippen molar-refractivity contribution >= 4 is 53.0 Å². The quantitative estimate of drug-likeness (QED) is 0.453. The fraction of sp³-hybridized carbons (Fsp3) is 0. The molecule has 4 aromatic rings. The highest BCUT2D eigenvalue weighted by atomic mass is 32.1. The number of allylic oxidation sites excluding steroid dienone is 2. The zero-order valence-electron chi connectivity index (χ0n) is 12.2. The third-order valence-electron chi connectivity index (χ3n) is 2.96. The summed E-state index contributed by atoms with van der Waals surface area (Å²) in [7, 11) is 0.182. The van der Waals surface area contributed by atoms with E-state index >= 15 is 0 Å². The highest BCUT2D eigenvalue weighted by Gasteiger charge is 1.92. The second kappa shape index (κ2) is 8.42. The van der Waals surface area contributed by atoms with Gasteiger partial charge < -0.3 is 0 Å². The van der Waals surface area contributed by atoms with Gasteiger partial charge in [0.25, 0.3) is 0 Å². The minimum Gasteiger partial charge on any atom is -0.138 e. The van der Waals surface area contributed by atoms with Crippen LogP contribution in [0.2, 0.25) is 0 Å². The predicted molar refractivity (Wildman–Crippen MR) is 102 cm³/mol. The normalized spacial score (nSPS) is 11.8. The van der Waals surface area contributed by atoms with Crippen LogP contribution in [0.5, 0.6) is 0 Å². The molecule has 0 atom stereocenters. The van der Waals surface area contributed by atoms with Crippen LogP contribution in [0.15, 0.2) is 72.1 Å². The van der Waals surface area contributed by atoms with Gasteiger partial charge in [-0.1, -0.05) is 56.8 Å². The first-order valence-corrected chi connectivity index (χ1v) is 10.3. The average molecular weight is 355 g/mol. The Balaban J connectivity index is 0.000000107. The Morgan fingerprint density at radius 1 is 0.652 bits per heavy atom. The number of rotatable bonds is 0. The molecule has 0 fully saturated rings. The van der Waals surface area contributed by atoms with Crippen molar-refractivity contribution in [3.63, 3.8) is 0 Å². The Hall–Kier alpha value is -2.22. The Kier molecular flexibility index (Phi) is 5.73. The molecule has 0 saturated carbocycles. The van der Waals surface area contributed by atoms with Gasteiger partial charge in [-0.3, -0.25) is 0 Å². The minimum atomic E-state index is 0.182. The topological polar surface area (TPSA) is 51.6 Å². The third-order valence-corrected chi connectivity index (χ3v) is 5.46. The summed E-state index contributed by atoms with van der Waals surface area (Å²) in [6, 6.07) is 15.8. The molecule has 7 heteroatoms. The highest BCUT2D eigenvalue weighted by Crippen LogP contribution is 2.13. The van der Waals surface area contributed by atoms with Crippen LogP contribution in [-0.2, 0) is 0 Å². The molecule has 3 heterocycles. The van der Waals surface area contributed by atoms with Crippen LogP contribution in [0.4, 0.5) is 0 Å². The summed E-state index contributed by atoms with van der Waals surface area (Å²) in [6.45, 7) is 0. The van der Waals surface area contributed by atoms with Gasteiger partial charge >= 0.3 is 0 Å². The first-order chi connectivity index (χ1) is 11.4. The zero-order chi connectivity index (χ0) is 15.7. The van der Waals surface area contributed by atoms with E-state index in [1.54, 1.807) is 0 Å². The Morgan fingerprint density at radius 2 is 1.13 bits per heavy atom. The van der Waals surface area contributed by atoms with E-state index in [1.807, 2.05) is 48.5 Å². The lowest BCUT2D eigenvalue weighted by Crippen LogP contribution is -1.63. The number of nitrogens with zero attached hydrogens (tertiary/aromatic N) is 4. The maximum atomic E-state index is 3.89. The van der Waals surface area contributed by atoms with Crippen molar-refractivity contribution in [2.75, 3.05) is 0 Å². The molecule has 0 saturated heterocycles. The lowest BCUT2D eigenvalue weighted by Gasteiger charge is -1.78. The average Bonchev–Trinajstić information content (AvgIpc) is 3.37. The Morgan fingerprint density at radius 3 is 1.52 bits per heavy atom. The fourth-order valence-corrected chi connectivity index (χ4v) is 3.75. The van der Waals surface area contributed by atoms with Gasteiger partial charge in [-0.25, -0.2) is 0 Å². The molecule has 4 nitrogen and oxygen atoms in total. The maximum Gasteiger partial charge on any atom is 0.105 e. The van der Waals surface area contributed by atoms with Crippen molar-refractivity contribution in [2.24, 2.45) is 0 Å². The first-order valence-electron chi connectivity index (χ1n) is 7.09. The van der Waals surface area contributed by atoms with Crippen LogP contribution < -0.4 is 0 Å². The molecule has 0 radical (unpaired) electrons. The molecule has 5 rings (SSSR count). The lowest BCUT2D eigenvalue weighted by atomic mass is 10.3. The molecule has 2 aromatic heterocycles. The van der Waals surface area contributed by atoms with Crippen molar-refractivity contribution in [3.05, 3.63) is 72.1 Å². The van der Waals surface area contributed by atoms with Gasteiger partial charge in [-0.05, 0) is 47.3 Å². The predicted octanol–water partition coefficient (Wildman–Crippen LogP) is 3.58. The molecular weight excluding hydrogens is 340 g/mol. The summed E-state index contributed by atoms with van der Waals surface area (Å²) in [5.74, 6) is 0. The summed E-state index contributed by atoms with van der Waals surface area (Å²) < 4.78 is 9.89. The number of hydrogen-bond donors (Lipinski definition) is 0. The van der Waals surface area contributed by atoms with Crippen molar-refractivity contribution in [1.82, 2.24) is 19.2 Å². The van der Waals surface area contributed by atoms with E-state index < -0.39 is 0 Å². The van der Waals surface area contributed by atoms with Crippen molar-refractivity contribution in [1.29, 1.82) is 0 Å². The molecule has 1 aliphatic heterocycles. The van der Waals surface area contributed by atoms with E-state index in [0.717, 1.165) is 20.4 Å². The molecule has 0 amide bonds. The fourth-order valence-electron chi connectivity index (χ4n) is 1.84. The van der Waals surface area contributed by atoms with Crippen molar-refractivity contribution in [3.8, 4) is 0 Å². The maximum absolute atomic E-state index is 3.89. The van der Waals surface area contributed by atoms with Crippen LogP contribution in [-0.4, -0.2) is 28.7 Å². The second-order valence-corrected chi connectivity index (χ2v) is 7.56. The lowest BCUT2D eigenvalue weighted by molar-refractivity contribution is 1.20. The van der Waals surface area contributed by atoms with Crippen LogP contribution in [0.3, 0.4) is 0 Å². The summed E-state index contributed by atoms with van der Waals surface area (Å²) in [6.07, 6.45) is 4.23. The standard InChI is InChI=1S/2C6H4N2S.C4H6Si/c2*1-2-4-6-5(3-1)7-8-9-6;1-2-4-5-3-1/h2*1-4H;1-4H,5H2. The van der Waals surface area contributed by atoms with Gasteiger partial charge in [0.05, 0.1) is 18.9 Å². The summed E-state index contributed by atoms with van der Waals surface area (Å²) >= 11 is 2.85. The van der Waals surface area contributed by atoms with Crippen molar-refractivity contribution < 1.29 is 0 Å². The molecule has 2 aromatic carbocycles. The molecule has 0 bridgehead atoms. The molecule has 23 heavy (non-hydrogen) atoms. The van der Waals surface area contributed by atoms with Crippen LogP contribution >= 0.6 is 23.1 Å². The largest absolute Gasteiger partial charge is 0.138 e. The zero-order valence-corrected chi connectivity index (χ0v) is 15.3. The first kappa shape index (κ1) is 15.7.